The fourth-order valence-electron chi connectivity index (χ4n) is 3.23. The molecule has 4 heterocycles. The molecule has 6 nitrogen and oxygen atoms in total. The molecule has 3 aromatic rings. The summed E-state index contributed by atoms with van der Waals surface area (Å²) in [6.45, 7) is 3.62. The third-order valence-electron chi connectivity index (χ3n) is 4.42. The maximum Gasteiger partial charge on any atom is 0.291 e. The lowest BCUT2D eigenvalue weighted by Crippen LogP contribution is -2.36. The van der Waals surface area contributed by atoms with Crippen LogP contribution < -0.4 is 5.56 Å². The molecule has 0 saturated carbocycles. The highest BCUT2D eigenvalue weighted by atomic mass is 32.1. The third kappa shape index (κ3) is 2.26. The van der Waals surface area contributed by atoms with E-state index in [2.05, 4.69) is 5.10 Å². The number of likely N-dealkylation sites (tertiary alicyclic amines) is 1. The van der Waals surface area contributed by atoms with Crippen LogP contribution in [0.2, 0.25) is 0 Å². The molecular formula is C16H18N4O2S. The van der Waals surface area contributed by atoms with Gasteiger partial charge in [-0.05, 0) is 30.4 Å². The predicted octanol–water partition coefficient (Wildman–Crippen LogP) is 1.90. The van der Waals surface area contributed by atoms with Gasteiger partial charge in [-0.2, -0.15) is 5.10 Å². The van der Waals surface area contributed by atoms with Gasteiger partial charge in [0.2, 0.25) is 5.91 Å². The van der Waals surface area contributed by atoms with Crippen molar-refractivity contribution in [2.75, 3.05) is 13.1 Å². The van der Waals surface area contributed by atoms with E-state index in [-0.39, 0.29) is 18.0 Å². The molecule has 1 aliphatic rings. The first-order chi connectivity index (χ1) is 11.2. The zero-order chi connectivity index (χ0) is 16.0. The number of hydrogen-bond acceptors (Lipinski definition) is 4. The number of amides is 1. The standard InChI is InChI=1S/C16H18N4O2S/c1-2-13-17-19(10-14(21)18-6-3-4-7-18)15(22)12-9-11-5-8-23-16(11)20(12)13/h5,8-9H,2-4,6-7,10H2,1H3. The number of hydrogen-bond donors (Lipinski definition) is 0. The van der Waals surface area contributed by atoms with E-state index >= 15 is 0 Å². The Labute approximate surface area is 136 Å². The molecule has 0 bridgehead atoms. The zero-order valence-electron chi connectivity index (χ0n) is 13.0. The number of aryl methyl sites for hydroxylation is 1. The van der Waals surface area contributed by atoms with Crippen molar-refractivity contribution in [1.29, 1.82) is 0 Å². The van der Waals surface area contributed by atoms with Gasteiger partial charge in [-0.25, -0.2) is 4.68 Å². The second-order valence-corrected chi connectivity index (χ2v) is 6.76. The van der Waals surface area contributed by atoms with Crippen LogP contribution in [0, 0.1) is 0 Å². The molecule has 0 aromatic carbocycles. The van der Waals surface area contributed by atoms with E-state index < -0.39 is 0 Å². The fourth-order valence-corrected chi connectivity index (χ4v) is 4.15. The monoisotopic (exact) mass is 330 g/mol. The summed E-state index contributed by atoms with van der Waals surface area (Å²) in [7, 11) is 0. The van der Waals surface area contributed by atoms with Crippen molar-refractivity contribution in [3.05, 3.63) is 33.7 Å². The Morgan fingerprint density at radius 1 is 1.35 bits per heavy atom. The van der Waals surface area contributed by atoms with Crippen LogP contribution in [0.25, 0.3) is 15.7 Å². The summed E-state index contributed by atoms with van der Waals surface area (Å²) >= 11 is 1.60. The van der Waals surface area contributed by atoms with E-state index in [9.17, 15) is 9.59 Å². The van der Waals surface area contributed by atoms with E-state index in [0.717, 1.165) is 42.0 Å². The predicted molar refractivity (Wildman–Crippen MR) is 90.0 cm³/mol. The average molecular weight is 330 g/mol. The lowest BCUT2D eigenvalue weighted by Gasteiger charge is -2.16. The summed E-state index contributed by atoms with van der Waals surface area (Å²) in [6.07, 6.45) is 2.79. The van der Waals surface area contributed by atoms with Crippen LogP contribution in [0.5, 0.6) is 0 Å². The van der Waals surface area contributed by atoms with Crippen molar-refractivity contribution in [3.63, 3.8) is 0 Å². The molecule has 0 radical (unpaired) electrons. The minimum Gasteiger partial charge on any atom is -0.341 e. The van der Waals surface area contributed by atoms with Gasteiger partial charge in [0.15, 0.2) is 0 Å². The van der Waals surface area contributed by atoms with E-state index in [1.165, 1.54) is 4.68 Å². The summed E-state index contributed by atoms with van der Waals surface area (Å²) in [5.41, 5.74) is 0.408. The Morgan fingerprint density at radius 3 is 2.87 bits per heavy atom. The zero-order valence-corrected chi connectivity index (χ0v) is 13.8. The Morgan fingerprint density at radius 2 is 2.13 bits per heavy atom. The molecule has 0 spiro atoms. The highest BCUT2D eigenvalue weighted by Crippen LogP contribution is 2.24. The van der Waals surface area contributed by atoms with Gasteiger partial charge in [-0.1, -0.05) is 6.92 Å². The summed E-state index contributed by atoms with van der Waals surface area (Å²) in [4.78, 5) is 27.9. The van der Waals surface area contributed by atoms with Gasteiger partial charge in [0.25, 0.3) is 5.56 Å². The molecule has 1 saturated heterocycles. The van der Waals surface area contributed by atoms with Crippen LogP contribution in [-0.2, 0) is 17.8 Å². The van der Waals surface area contributed by atoms with Crippen LogP contribution in [-0.4, -0.2) is 38.1 Å². The van der Waals surface area contributed by atoms with Gasteiger partial charge in [0.1, 0.15) is 22.7 Å². The molecule has 23 heavy (non-hydrogen) atoms. The molecule has 0 unspecified atom stereocenters. The fraction of sp³-hybridized carbons (Fsp3) is 0.438. The number of carbonyl (C=O) groups excluding carboxylic acids is 1. The quantitative estimate of drug-likeness (QED) is 0.737. The van der Waals surface area contributed by atoms with Gasteiger partial charge in [0.05, 0.1) is 0 Å². The maximum atomic E-state index is 12.7. The van der Waals surface area contributed by atoms with Gasteiger partial charge in [-0.3, -0.25) is 14.0 Å². The largest absolute Gasteiger partial charge is 0.341 e. The van der Waals surface area contributed by atoms with Crippen LogP contribution in [0.4, 0.5) is 0 Å². The minimum absolute atomic E-state index is 0.0168. The van der Waals surface area contributed by atoms with Crippen LogP contribution >= 0.6 is 11.3 Å². The van der Waals surface area contributed by atoms with Crippen molar-refractivity contribution in [2.45, 2.75) is 32.7 Å². The van der Waals surface area contributed by atoms with E-state index in [0.29, 0.717) is 11.9 Å². The first-order valence-corrected chi connectivity index (χ1v) is 8.83. The van der Waals surface area contributed by atoms with E-state index in [1.54, 1.807) is 11.3 Å². The third-order valence-corrected chi connectivity index (χ3v) is 5.33. The first kappa shape index (κ1) is 14.4. The summed E-state index contributed by atoms with van der Waals surface area (Å²) in [5, 5.41) is 7.52. The van der Waals surface area contributed by atoms with E-state index in [1.807, 2.05) is 33.7 Å². The molecule has 3 aromatic heterocycles. The van der Waals surface area contributed by atoms with Gasteiger partial charge < -0.3 is 4.90 Å². The molecule has 7 heteroatoms. The van der Waals surface area contributed by atoms with Crippen molar-refractivity contribution >= 4 is 33.0 Å². The highest BCUT2D eigenvalue weighted by Gasteiger charge is 2.21. The number of fused-ring (bicyclic) bond motifs is 3. The maximum absolute atomic E-state index is 12.7. The van der Waals surface area contributed by atoms with E-state index in [4.69, 9.17) is 0 Å². The topological polar surface area (TPSA) is 59.6 Å². The molecule has 0 atom stereocenters. The molecule has 0 N–H and O–H groups in total. The number of nitrogens with zero attached hydrogens (tertiary/aromatic N) is 4. The normalized spacial score (nSPS) is 15.1. The minimum atomic E-state index is -0.196. The SMILES string of the molecule is CCc1nn(CC(=O)N2CCCC2)c(=O)c2cc3ccsc3n12. The molecule has 120 valence electrons. The van der Waals surface area contributed by atoms with Crippen molar-refractivity contribution in [2.24, 2.45) is 0 Å². The summed E-state index contributed by atoms with van der Waals surface area (Å²) in [6, 6.07) is 3.90. The van der Waals surface area contributed by atoms with Crippen LogP contribution in [0.15, 0.2) is 22.3 Å². The van der Waals surface area contributed by atoms with Crippen LogP contribution in [0.3, 0.4) is 0 Å². The molecule has 1 fully saturated rings. The lowest BCUT2D eigenvalue weighted by atomic mass is 10.4. The Bertz CT molecular complexity index is 946. The molecule has 0 aliphatic carbocycles. The van der Waals surface area contributed by atoms with Gasteiger partial charge in [0, 0.05) is 24.9 Å². The summed E-state index contributed by atoms with van der Waals surface area (Å²) in [5.74, 6) is 0.795. The molecule has 1 aliphatic heterocycles. The number of aromatic nitrogens is 3. The number of thiophene rings is 1. The van der Waals surface area contributed by atoms with Crippen molar-refractivity contribution in [1.82, 2.24) is 19.1 Å². The Hall–Kier alpha value is -2.15. The molecule has 1 amide bonds. The summed E-state index contributed by atoms with van der Waals surface area (Å²) < 4.78 is 3.26. The number of carbonyl (C=O) groups is 1. The van der Waals surface area contributed by atoms with Crippen molar-refractivity contribution < 1.29 is 4.79 Å². The second kappa shape index (κ2) is 5.49. The van der Waals surface area contributed by atoms with Gasteiger partial charge >= 0.3 is 0 Å². The first-order valence-electron chi connectivity index (χ1n) is 7.95. The lowest BCUT2D eigenvalue weighted by molar-refractivity contribution is -0.131. The van der Waals surface area contributed by atoms with Crippen LogP contribution in [0.1, 0.15) is 25.6 Å². The second-order valence-electron chi connectivity index (χ2n) is 5.87. The van der Waals surface area contributed by atoms with Gasteiger partial charge in [-0.15, -0.1) is 11.3 Å². The average Bonchev–Trinajstić information content (AvgIpc) is 3.26. The number of rotatable bonds is 3. The smallest absolute Gasteiger partial charge is 0.291 e. The Balaban J connectivity index is 1.82. The Kier molecular flexibility index (Phi) is 3.45. The highest BCUT2D eigenvalue weighted by molar-refractivity contribution is 7.16. The molecular weight excluding hydrogens is 312 g/mol. The van der Waals surface area contributed by atoms with Crippen molar-refractivity contribution in [3.8, 4) is 0 Å². The molecule has 4 rings (SSSR count).